The molecule has 4 nitrogen and oxygen atoms in total. The second kappa shape index (κ2) is 6.19. The molecule has 0 amide bonds. The number of carbonyl (C=O) groups is 1. The van der Waals surface area contributed by atoms with Crippen LogP contribution in [0, 0.1) is 5.82 Å². The van der Waals surface area contributed by atoms with E-state index in [1.54, 1.807) is 12.1 Å². The highest BCUT2D eigenvalue weighted by Gasteiger charge is 2.39. The summed E-state index contributed by atoms with van der Waals surface area (Å²) in [5, 5.41) is 2.60. The molecule has 1 atom stereocenters. The predicted octanol–water partition coefficient (Wildman–Crippen LogP) is 3.47. The Kier molecular flexibility index (Phi) is 4.20. The van der Waals surface area contributed by atoms with E-state index in [1.165, 1.54) is 19.4 Å². The van der Waals surface area contributed by atoms with E-state index in [1.807, 2.05) is 0 Å². The van der Waals surface area contributed by atoms with Crippen LogP contribution in [0.5, 0.6) is 0 Å². The van der Waals surface area contributed by atoms with Gasteiger partial charge in [-0.3, -0.25) is 9.78 Å². The van der Waals surface area contributed by atoms with Gasteiger partial charge in [0.25, 0.3) is 0 Å². The van der Waals surface area contributed by atoms with E-state index < -0.39 is 35.0 Å². The first-order valence-electron chi connectivity index (χ1n) is 7.23. The fraction of sp³-hybridized carbons (Fsp3) is 0.176. The number of rotatable bonds is 3. The van der Waals surface area contributed by atoms with Crippen LogP contribution in [0.4, 0.5) is 17.6 Å². The second-order valence-corrected chi connectivity index (χ2v) is 5.30. The lowest BCUT2D eigenvalue weighted by molar-refractivity contribution is -0.137. The first-order valence-corrected chi connectivity index (χ1v) is 7.23. The van der Waals surface area contributed by atoms with Crippen molar-refractivity contribution < 1.29 is 27.1 Å². The van der Waals surface area contributed by atoms with Crippen LogP contribution >= 0.6 is 0 Å². The maximum absolute atomic E-state index is 14.2. The van der Waals surface area contributed by atoms with Gasteiger partial charge < -0.3 is 10.1 Å². The highest BCUT2D eigenvalue weighted by molar-refractivity contribution is 6.25. The molecule has 0 saturated carbocycles. The molecule has 25 heavy (non-hydrogen) atoms. The summed E-state index contributed by atoms with van der Waals surface area (Å²) < 4.78 is 58.4. The van der Waals surface area contributed by atoms with Crippen molar-refractivity contribution in [3.8, 4) is 0 Å². The summed E-state index contributed by atoms with van der Waals surface area (Å²) in [5.74, 6) is -1.67. The van der Waals surface area contributed by atoms with Gasteiger partial charge in [-0.15, -0.1) is 0 Å². The molecule has 1 aromatic carbocycles. The van der Waals surface area contributed by atoms with Gasteiger partial charge in [-0.2, -0.15) is 13.2 Å². The van der Waals surface area contributed by atoms with E-state index in [9.17, 15) is 22.4 Å². The van der Waals surface area contributed by atoms with Crippen molar-refractivity contribution in [2.75, 3.05) is 7.05 Å². The van der Waals surface area contributed by atoms with Gasteiger partial charge in [0.2, 0.25) is 5.78 Å². The summed E-state index contributed by atoms with van der Waals surface area (Å²) in [5.41, 5.74) is -1.36. The topological polar surface area (TPSA) is 51.2 Å². The van der Waals surface area contributed by atoms with E-state index in [-0.39, 0.29) is 11.5 Å². The van der Waals surface area contributed by atoms with Crippen LogP contribution in [0.3, 0.4) is 0 Å². The zero-order valence-corrected chi connectivity index (χ0v) is 12.9. The van der Waals surface area contributed by atoms with E-state index >= 15 is 0 Å². The zero-order chi connectivity index (χ0) is 18.2. The number of benzene rings is 1. The Balaban J connectivity index is 2.08. The van der Waals surface area contributed by atoms with Gasteiger partial charge in [0.05, 0.1) is 11.1 Å². The Hall–Kier alpha value is -2.90. The van der Waals surface area contributed by atoms with Gasteiger partial charge in [-0.05, 0) is 24.3 Å². The van der Waals surface area contributed by atoms with E-state index in [0.29, 0.717) is 23.8 Å². The van der Waals surface area contributed by atoms with Crippen molar-refractivity contribution >= 4 is 11.4 Å². The summed E-state index contributed by atoms with van der Waals surface area (Å²) in [7, 11) is 1.43. The fourth-order valence-corrected chi connectivity index (χ4v) is 2.56. The lowest BCUT2D eigenvalue weighted by Crippen LogP contribution is -2.11. The molecule has 1 aliphatic rings. The Bertz CT molecular complexity index is 847. The Labute approximate surface area is 140 Å². The number of aromatic nitrogens is 1. The number of pyridine rings is 1. The van der Waals surface area contributed by atoms with E-state index in [2.05, 4.69) is 10.3 Å². The first-order chi connectivity index (χ1) is 11.8. The Morgan fingerprint density at radius 1 is 1.24 bits per heavy atom. The average Bonchev–Trinajstić information content (AvgIpc) is 2.91. The highest BCUT2D eigenvalue weighted by Crippen LogP contribution is 2.39. The number of carbonyl (C=O) groups excluding carboxylic acids is 1. The molecule has 1 unspecified atom stereocenters. The third-order valence-corrected chi connectivity index (χ3v) is 3.72. The van der Waals surface area contributed by atoms with Crippen molar-refractivity contribution in [1.82, 2.24) is 10.3 Å². The van der Waals surface area contributed by atoms with Gasteiger partial charge in [-0.25, -0.2) is 4.39 Å². The lowest BCUT2D eigenvalue weighted by atomic mass is 9.96. The number of nitrogens with zero attached hydrogens (tertiary/aromatic N) is 1. The van der Waals surface area contributed by atoms with Crippen molar-refractivity contribution in [3.05, 3.63) is 71.1 Å². The largest absolute Gasteiger partial charge is 0.462 e. The normalized spacial score (nSPS) is 17.6. The van der Waals surface area contributed by atoms with Crippen LogP contribution in [0.25, 0.3) is 5.57 Å². The van der Waals surface area contributed by atoms with Gasteiger partial charge >= 0.3 is 6.18 Å². The highest BCUT2D eigenvalue weighted by atomic mass is 19.4. The molecule has 0 radical (unpaired) electrons. The van der Waals surface area contributed by atoms with Crippen molar-refractivity contribution in [2.45, 2.75) is 12.3 Å². The van der Waals surface area contributed by atoms with Crippen molar-refractivity contribution in [1.29, 1.82) is 0 Å². The molecule has 8 heteroatoms. The fourth-order valence-electron chi connectivity index (χ4n) is 2.56. The maximum atomic E-state index is 14.2. The number of hydrogen-bond acceptors (Lipinski definition) is 4. The predicted molar refractivity (Wildman–Crippen MR) is 80.5 cm³/mol. The molecule has 0 spiro atoms. The number of alkyl halides is 3. The van der Waals surface area contributed by atoms with Crippen molar-refractivity contribution in [3.63, 3.8) is 0 Å². The molecule has 0 saturated heterocycles. The molecule has 2 aromatic rings. The Morgan fingerprint density at radius 2 is 2.00 bits per heavy atom. The number of ether oxygens (including phenoxy) is 1. The molecule has 1 aromatic heterocycles. The average molecular weight is 352 g/mol. The quantitative estimate of drug-likeness (QED) is 0.860. The smallest absolute Gasteiger partial charge is 0.416 e. The third kappa shape index (κ3) is 3.07. The number of halogens is 4. The monoisotopic (exact) mass is 352 g/mol. The summed E-state index contributed by atoms with van der Waals surface area (Å²) in [6.45, 7) is 0. The minimum absolute atomic E-state index is 0.0860. The summed E-state index contributed by atoms with van der Waals surface area (Å²) in [6.07, 6.45) is -2.85. The van der Waals surface area contributed by atoms with Crippen molar-refractivity contribution in [2.24, 2.45) is 0 Å². The van der Waals surface area contributed by atoms with Crippen LogP contribution in [-0.4, -0.2) is 17.8 Å². The molecular formula is C17H12F4N2O2. The summed E-state index contributed by atoms with van der Waals surface area (Å²) in [4.78, 5) is 16.6. The summed E-state index contributed by atoms with van der Waals surface area (Å²) >= 11 is 0. The minimum atomic E-state index is -4.66. The summed E-state index contributed by atoms with van der Waals surface area (Å²) in [6, 6.07) is 5.09. The van der Waals surface area contributed by atoms with Gasteiger partial charge in [0, 0.05) is 30.6 Å². The molecule has 3 rings (SSSR count). The number of Topliss-reactive ketones (excluding diaryl/α,β-unsaturated/α-hetero) is 1. The number of ketones is 1. The van der Waals surface area contributed by atoms with Crippen LogP contribution < -0.4 is 5.32 Å². The standard InChI is InChI=1S/C17H12F4N2O2/c1-22-16-13(11-7-10(17(19,20)21)4-5-12(11)18)14(24)15(25-16)9-3-2-6-23-8-9/h2-8,15,22H,1H3. The van der Waals surface area contributed by atoms with Crippen LogP contribution in [0.1, 0.15) is 22.8 Å². The van der Waals surface area contributed by atoms with Crippen LogP contribution in [0.15, 0.2) is 48.6 Å². The maximum Gasteiger partial charge on any atom is 0.416 e. The number of hydrogen-bond donors (Lipinski definition) is 1. The van der Waals surface area contributed by atoms with Crippen LogP contribution in [0.2, 0.25) is 0 Å². The molecule has 2 heterocycles. The molecule has 130 valence electrons. The number of nitrogens with one attached hydrogen (secondary N) is 1. The lowest BCUT2D eigenvalue weighted by Gasteiger charge is -2.10. The second-order valence-electron chi connectivity index (χ2n) is 5.30. The molecule has 0 bridgehead atoms. The molecular weight excluding hydrogens is 340 g/mol. The van der Waals surface area contributed by atoms with E-state index in [0.717, 1.165) is 0 Å². The van der Waals surface area contributed by atoms with Gasteiger partial charge in [-0.1, -0.05) is 6.07 Å². The van der Waals surface area contributed by atoms with E-state index in [4.69, 9.17) is 4.74 Å². The first kappa shape index (κ1) is 16.9. The van der Waals surface area contributed by atoms with Gasteiger partial charge in [0.15, 0.2) is 12.0 Å². The third-order valence-electron chi connectivity index (χ3n) is 3.72. The molecule has 1 N–H and O–H groups in total. The molecule has 0 fully saturated rings. The van der Waals surface area contributed by atoms with Gasteiger partial charge in [0.1, 0.15) is 5.82 Å². The molecule has 1 aliphatic heterocycles. The van der Waals surface area contributed by atoms with Crippen LogP contribution in [-0.2, 0) is 15.7 Å². The minimum Gasteiger partial charge on any atom is -0.462 e. The molecule has 0 aliphatic carbocycles. The SMILES string of the molecule is CNC1=C(c2cc(C(F)(F)F)ccc2F)C(=O)C(c2cccnc2)O1. The zero-order valence-electron chi connectivity index (χ0n) is 12.9. The Morgan fingerprint density at radius 3 is 2.60 bits per heavy atom.